The number of para-hydroxylation sites is 1. The second-order valence-electron chi connectivity index (χ2n) is 4.43. The Morgan fingerprint density at radius 1 is 1.41 bits per heavy atom. The lowest BCUT2D eigenvalue weighted by atomic mass is 10.1. The maximum Gasteiger partial charge on any atom is 0.217 e. The van der Waals surface area contributed by atoms with Crippen molar-refractivity contribution in [1.29, 1.82) is 0 Å². The Bertz CT molecular complexity index is 376. The summed E-state index contributed by atoms with van der Waals surface area (Å²) in [6.07, 6.45) is 1.25. The van der Waals surface area contributed by atoms with Crippen LogP contribution in [0.15, 0.2) is 24.3 Å². The number of carbonyl (C=O) groups is 1. The van der Waals surface area contributed by atoms with Crippen molar-refractivity contribution in [2.75, 3.05) is 11.4 Å². The molecule has 2 N–H and O–H groups in total. The lowest BCUT2D eigenvalue weighted by molar-refractivity contribution is -0.118. The number of hydrogen-bond donors (Lipinski definition) is 1. The van der Waals surface area contributed by atoms with E-state index in [1.807, 2.05) is 12.1 Å². The molecule has 0 saturated carbocycles. The summed E-state index contributed by atoms with van der Waals surface area (Å²) >= 11 is 0. The number of primary amides is 1. The highest BCUT2D eigenvalue weighted by atomic mass is 16.1. The Morgan fingerprint density at radius 2 is 2.06 bits per heavy atom. The number of carbonyl (C=O) groups excluding carboxylic acids is 1. The largest absolute Gasteiger partial charge is 0.370 e. The number of nitrogens with two attached hydrogens (primary N) is 1. The number of aryl methyl sites for hydroxylation is 1. The molecule has 0 saturated heterocycles. The summed E-state index contributed by atoms with van der Waals surface area (Å²) in [6.45, 7) is 7.32. The number of hydrogen-bond acceptors (Lipinski definition) is 2. The van der Waals surface area contributed by atoms with Crippen LogP contribution < -0.4 is 10.6 Å². The van der Waals surface area contributed by atoms with Gasteiger partial charge in [0.2, 0.25) is 5.91 Å². The molecule has 3 heteroatoms. The number of benzene rings is 1. The molecule has 1 rings (SSSR count). The topological polar surface area (TPSA) is 46.3 Å². The van der Waals surface area contributed by atoms with Crippen LogP contribution in [0, 0.1) is 6.92 Å². The molecule has 0 aliphatic heterocycles. The number of anilines is 1. The lowest BCUT2D eigenvalue weighted by Gasteiger charge is -2.31. The number of amides is 1. The molecule has 0 aromatic heterocycles. The molecule has 17 heavy (non-hydrogen) atoms. The van der Waals surface area contributed by atoms with Gasteiger partial charge in [-0.25, -0.2) is 0 Å². The summed E-state index contributed by atoms with van der Waals surface area (Å²) in [6, 6.07) is 8.65. The molecule has 1 unspecified atom stereocenters. The van der Waals surface area contributed by atoms with Gasteiger partial charge in [-0.15, -0.1) is 0 Å². The van der Waals surface area contributed by atoms with Gasteiger partial charge >= 0.3 is 0 Å². The molecular formula is C14H22N2O. The Morgan fingerprint density at radius 3 is 2.59 bits per heavy atom. The van der Waals surface area contributed by atoms with Crippen molar-refractivity contribution in [2.24, 2.45) is 5.73 Å². The second kappa shape index (κ2) is 6.28. The third-order valence-electron chi connectivity index (χ3n) is 3.11. The Hall–Kier alpha value is -1.51. The van der Waals surface area contributed by atoms with Crippen LogP contribution >= 0.6 is 0 Å². The fourth-order valence-corrected chi connectivity index (χ4v) is 2.11. The smallest absolute Gasteiger partial charge is 0.217 e. The fraction of sp³-hybridized carbons (Fsp3) is 0.500. The Balaban J connectivity index is 2.77. The number of nitrogens with zero attached hydrogens (tertiary/aromatic N) is 1. The predicted molar refractivity (Wildman–Crippen MR) is 72.1 cm³/mol. The quantitative estimate of drug-likeness (QED) is 0.822. The Kier molecular flexibility index (Phi) is 5.01. The average molecular weight is 234 g/mol. The highest BCUT2D eigenvalue weighted by Crippen LogP contribution is 2.22. The molecule has 1 amide bonds. The van der Waals surface area contributed by atoms with Crippen LogP contribution in [-0.4, -0.2) is 18.5 Å². The van der Waals surface area contributed by atoms with Crippen molar-refractivity contribution in [3.05, 3.63) is 29.8 Å². The molecule has 0 heterocycles. The van der Waals surface area contributed by atoms with E-state index in [0.717, 1.165) is 13.0 Å². The summed E-state index contributed by atoms with van der Waals surface area (Å²) in [7, 11) is 0. The first-order valence-electron chi connectivity index (χ1n) is 6.16. The van der Waals surface area contributed by atoms with Gasteiger partial charge in [-0.3, -0.25) is 4.79 Å². The van der Waals surface area contributed by atoms with Gasteiger partial charge in [0.25, 0.3) is 0 Å². The van der Waals surface area contributed by atoms with E-state index >= 15 is 0 Å². The molecule has 0 radical (unpaired) electrons. The lowest BCUT2D eigenvalue weighted by Crippen LogP contribution is -2.34. The highest BCUT2D eigenvalue weighted by Gasteiger charge is 2.14. The zero-order chi connectivity index (χ0) is 12.8. The van der Waals surface area contributed by atoms with Crippen molar-refractivity contribution in [3.8, 4) is 0 Å². The van der Waals surface area contributed by atoms with Gasteiger partial charge in [0.15, 0.2) is 0 Å². The van der Waals surface area contributed by atoms with Crippen molar-refractivity contribution in [2.45, 2.75) is 39.7 Å². The van der Waals surface area contributed by atoms with Crippen LogP contribution in [0.5, 0.6) is 0 Å². The van der Waals surface area contributed by atoms with Gasteiger partial charge in [0.05, 0.1) is 0 Å². The minimum absolute atomic E-state index is 0.224. The van der Waals surface area contributed by atoms with Crippen molar-refractivity contribution >= 4 is 11.6 Å². The second-order valence-corrected chi connectivity index (χ2v) is 4.43. The first-order chi connectivity index (χ1) is 8.06. The summed E-state index contributed by atoms with van der Waals surface area (Å²) in [4.78, 5) is 13.1. The van der Waals surface area contributed by atoms with Crippen LogP contribution in [-0.2, 0) is 4.79 Å². The summed E-state index contributed by atoms with van der Waals surface area (Å²) in [5.41, 5.74) is 7.70. The van der Waals surface area contributed by atoms with Crippen LogP contribution in [0.4, 0.5) is 5.69 Å². The summed E-state index contributed by atoms with van der Waals surface area (Å²) in [5.74, 6) is -0.224. The molecule has 3 nitrogen and oxygen atoms in total. The van der Waals surface area contributed by atoms with E-state index in [2.05, 4.69) is 37.8 Å². The summed E-state index contributed by atoms with van der Waals surface area (Å²) < 4.78 is 0. The van der Waals surface area contributed by atoms with E-state index in [9.17, 15) is 4.79 Å². The third kappa shape index (κ3) is 3.77. The van der Waals surface area contributed by atoms with Crippen molar-refractivity contribution in [3.63, 3.8) is 0 Å². The predicted octanol–water partition coefficient (Wildman–Crippen LogP) is 2.48. The zero-order valence-electron chi connectivity index (χ0n) is 10.9. The molecule has 0 fully saturated rings. The molecule has 1 aromatic rings. The van der Waals surface area contributed by atoms with Crippen LogP contribution in [0.3, 0.4) is 0 Å². The van der Waals surface area contributed by atoms with Gasteiger partial charge in [0, 0.05) is 24.7 Å². The van der Waals surface area contributed by atoms with Crippen LogP contribution in [0.2, 0.25) is 0 Å². The monoisotopic (exact) mass is 234 g/mol. The van der Waals surface area contributed by atoms with E-state index in [-0.39, 0.29) is 5.91 Å². The number of rotatable bonds is 6. The van der Waals surface area contributed by atoms with Gasteiger partial charge in [0.1, 0.15) is 0 Å². The molecule has 0 aliphatic carbocycles. The standard InChI is InChI=1S/C14H22N2O/c1-4-16(12(3)9-10-14(15)17)13-8-6-5-7-11(13)2/h5-8,12H,4,9-10H2,1-3H3,(H2,15,17). The van der Waals surface area contributed by atoms with E-state index < -0.39 is 0 Å². The van der Waals surface area contributed by atoms with Gasteiger partial charge in [-0.1, -0.05) is 18.2 Å². The van der Waals surface area contributed by atoms with E-state index in [1.165, 1.54) is 11.3 Å². The minimum atomic E-state index is -0.224. The molecule has 0 spiro atoms. The molecule has 0 aliphatic rings. The van der Waals surface area contributed by atoms with Gasteiger partial charge < -0.3 is 10.6 Å². The average Bonchev–Trinajstić information content (AvgIpc) is 2.30. The van der Waals surface area contributed by atoms with Crippen molar-refractivity contribution < 1.29 is 4.79 Å². The zero-order valence-corrected chi connectivity index (χ0v) is 10.9. The first kappa shape index (κ1) is 13.6. The van der Waals surface area contributed by atoms with Gasteiger partial charge in [-0.2, -0.15) is 0 Å². The molecule has 0 bridgehead atoms. The SMILES string of the molecule is CCN(c1ccccc1C)C(C)CCC(N)=O. The molecule has 94 valence electrons. The van der Waals surface area contributed by atoms with Gasteiger partial charge in [-0.05, 0) is 38.8 Å². The molecule has 1 aromatic carbocycles. The van der Waals surface area contributed by atoms with Crippen LogP contribution in [0.1, 0.15) is 32.3 Å². The van der Waals surface area contributed by atoms with E-state index in [1.54, 1.807) is 0 Å². The minimum Gasteiger partial charge on any atom is -0.370 e. The van der Waals surface area contributed by atoms with E-state index in [4.69, 9.17) is 5.73 Å². The molecule has 1 atom stereocenters. The first-order valence-corrected chi connectivity index (χ1v) is 6.16. The maximum atomic E-state index is 10.8. The normalized spacial score (nSPS) is 12.2. The summed E-state index contributed by atoms with van der Waals surface area (Å²) in [5, 5.41) is 0. The molecular weight excluding hydrogens is 212 g/mol. The maximum absolute atomic E-state index is 10.8. The van der Waals surface area contributed by atoms with Crippen LogP contribution in [0.25, 0.3) is 0 Å². The van der Waals surface area contributed by atoms with Crippen molar-refractivity contribution in [1.82, 2.24) is 0 Å². The fourth-order valence-electron chi connectivity index (χ4n) is 2.11. The highest BCUT2D eigenvalue weighted by molar-refractivity contribution is 5.73. The van der Waals surface area contributed by atoms with E-state index in [0.29, 0.717) is 12.5 Å². The third-order valence-corrected chi connectivity index (χ3v) is 3.11. The Labute approximate surface area is 104 Å².